The summed E-state index contributed by atoms with van der Waals surface area (Å²) in [7, 11) is 2.40. The van der Waals surface area contributed by atoms with Gasteiger partial charge in [-0.25, -0.2) is 0 Å². The van der Waals surface area contributed by atoms with E-state index in [0.717, 1.165) is 88.7 Å². The van der Waals surface area contributed by atoms with Crippen molar-refractivity contribution in [2.75, 3.05) is 10.2 Å². The van der Waals surface area contributed by atoms with Crippen LogP contribution in [-0.4, -0.2) is 7.28 Å². The number of anilines is 5. The molecule has 2 aromatic heterocycles. The predicted octanol–water partition coefficient (Wildman–Crippen LogP) is 13.8. The molecule has 2 aliphatic rings. The van der Waals surface area contributed by atoms with Crippen LogP contribution in [0.1, 0.15) is 25.0 Å². The summed E-state index contributed by atoms with van der Waals surface area (Å²) >= 11 is 0. The summed E-state index contributed by atoms with van der Waals surface area (Å²) in [6, 6.07) is 63.2. The van der Waals surface area contributed by atoms with Crippen LogP contribution in [0.3, 0.4) is 0 Å². The molecule has 1 N–H and O–H groups in total. The zero-order valence-electron chi connectivity index (χ0n) is 33.1. The molecule has 9 aromatic carbocycles. The second-order valence-electron chi connectivity index (χ2n) is 16.8. The lowest BCUT2D eigenvalue weighted by molar-refractivity contribution is 0.633. The zero-order valence-corrected chi connectivity index (χ0v) is 33.1. The van der Waals surface area contributed by atoms with Gasteiger partial charge in [0.2, 0.25) is 0 Å². The molecule has 0 amide bonds. The maximum atomic E-state index is 7.03. The van der Waals surface area contributed by atoms with Gasteiger partial charge in [0.1, 0.15) is 16.7 Å². The van der Waals surface area contributed by atoms with Gasteiger partial charge in [0, 0.05) is 55.1 Å². The maximum absolute atomic E-state index is 7.03. The SMILES string of the molecule is CC1(C)c2cc3ccccc3cc2N2c3cc4c(oc5ccccc54)c(-c4cc(-c5ccccc5)ccc4Nc4cccc5c4oc4ccccc45)c3[B]c3cccc1c32. The average molecular weight is 768 g/mol. The number of hydrogen-bond donors (Lipinski definition) is 1. The molecule has 13 rings (SSSR count). The third kappa shape index (κ3) is 4.69. The molecule has 1 radical (unpaired) electrons. The van der Waals surface area contributed by atoms with Crippen molar-refractivity contribution >= 4 is 101 Å². The summed E-state index contributed by atoms with van der Waals surface area (Å²) in [6.45, 7) is 4.74. The van der Waals surface area contributed by atoms with Gasteiger partial charge in [0.15, 0.2) is 12.9 Å². The van der Waals surface area contributed by atoms with E-state index in [1.807, 2.05) is 12.1 Å². The minimum atomic E-state index is -0.222. The average Bonchev–Trinajstić information content (AvgIpc) is 3.86. The Morgan fingerprint density at radius 1 is 0.500 bits per heavy atom. The molecule has 4 heterocycles. The Kier molecular flexibility index (Phi) is 6.84. The van der Waals surface area contributed by atoms with E-state index >= 15 is 0 Å². The smallest absolute Gasteiger partial charge is 0.198 e. The second-order valence-corrected chi connectivity index (χ2v) is 16.8. The van der Waals surface area contributed by atoms with Crippen LogP contribution in [0, 0.1) is 0 Å². The van der Waals surface area contributed by atoms with E-state index < -0.39 is 0 Å². The van der Waals surface area contributed by atoms with Gasteiger partial charge in [-0.15, -0.1) is 0 Å². The molecule has 4 nitrogen and oxygen atoms in total. The fourth-order valence-corrected chi connectivity index (χ4v) is 10.1. The maximum Gasteiger partial charge on any atom is 0.198 e. The number of nitrogens with zero attached hydrogens (tertiary/aromatic N) is 1. The Hall–Kier alpha value is -7.50. The number of rotatable bonds is 4. The standard InChI is InChI=1S/C55H36BN2O2/c1-55(2)41-21-13-22-43-52(41)58(46-30-34-17-7-6-16-33(34)29-42(46)55)47-31-39-37-19-9-11-25-49(37)60-54(39)50(51(47)56-43)40-28-35(32-14-4-3-5-15-32)26-27-44(40)57-45-23-12-20-38-36-18-8-10-24-48(36)59-53(38)45/h3-31,57H,1-2H3. The third-order valence-corrected chi connectivity index (χ3v) is 13.0. The van der Waals surface area contributed by atoms with Gasteiger partial charge < -0.3 is 19.1 Å². The van der Waals surface area contributed by atoms with Crippen LogP contribution >= 0.6 is 0 Å². The van der Waals surface area contributed by atoms with Crippen molar-refractivity contribution in [3.63, 3.8) is 0 Å². The molecule has 11 aromatic rings. The minimum absolute atomic E-state index is 0.222. The molecule has 60 heavy (non-hydrogen) atoms. The molecule has 281 valence electrons. The molecule has 0 aliphatic carbocycles. The van der Waals surface area contributed by atoms with E-state index in [0.29, 0.717) is 0 Å². The highest BCUT2D eigenvalue weighted by molar-refractivity contribution is 6.74. The molecule has 0 saturated heterocycles. The summed E-state index contributed by atoms with van der Waals surface area (Å²) < 4.78 is 13.6. The van der Waals surface area contributed by atoms with Crippen LogP contribution in [0.4, 0.5) is 28.4 Å². The molecule has 0 atom stereocenters. The lowest BCUT2D eigenvalue weighted by atomic mass is 9.55. The van der Waals surface area contributed by atoms with Gasteiger partial charge in [-0.05, 0) is 87.0 Å². The second kappa shape index (κ2) is 12.3. The first-order valence-electron chi connectivity index (χ1n) is 20.7. The Labute approximate surface area is 347 Å². The first kappa shape index (κ1) is 33.5. The quantitative estimate of drug-likeness (QED) is 0.181. The number of benzene rings is 9. The van der Waals surface area contributed by atoms with Crippen LogP contribution < -0.4 is 21.1 Å². The highest BCUT2D eigenvalue weighted by Gasteiger charge is 2.42. The summed E-state index contributed by atoms with van der Waals surface area (Å²) in [4.78, 5) is 2.54. The van der Waals surface area contributed by atoms with E-state index in [4.69, 9.17) is 8.83 Å². The molecule has 2 aliphatic heterocycles. The van der Waals surface area contributed by atoms with Crippen molar-refractivity contribution in [2.45, 2.75) is 19.3 Å². The normalized spacial score (nSPS) is 13.7. The Bertz CT molecular complexity index is 3600. The Morgan fingerprint density at radius 2 is 1.18 bits per heavy atom. The third-order valence-electron chi connectivity index (χ3n) is 13.0. The lowest BCUT2D eigenvalue weighted by Gasteiger charge is -2.46. The van der Waals surface area contributed by atoms with Gasteiger partial charge in [-0.3, -0.25) is 0 Å². The number of nitrogens with one attached hydrogen (secondary N) is 1. The molecule has 0 saturated carbocycles. The fraction of sp³-hybridized carbons (Fsp3) is 0.0545. The van der Waals surface area contributed by atoms with Crippen molar-refractivity contribution in [3.8, 4) is 22.3 Å². The van der Waals surface area contributed by atoms with Crippen molar-refractivity contribution in [2.24, 2.45) is 0 Å². The van der Waals surface area contributed by atoms with Gasteiger partial charge in [0.05, 0.1) is 11.4 Å². The Morgan fingerprint density at radius 3 is 2.00 bits per heavy atom. The van der Waals surface area contributed by atoms with E-state index in [-0.39, 0.29) is 5.41 Å². The minimum Gasteiger partial charge on any atom is -0.455 e. The number of para-hydroxylation sites is 4. The van der Waals surface area contributed by atoms with E-state index in [9.17, 15) is 0 Å². The summed E-state index contributed by atoms with van der Waals surface area (Å²) in [5.41, 5.74) is 17.9. The summed E-state index contributed by atoms with van der Waals surface area (Å²) in [5, 5.41) is 10.7. The van der Waals surface area contributed by atoms with Crippen LogP contribution in [0.2, 0.25) is 0 Å². The van der Waals surface area contributed by atoms with Crippen molar-refractivity contribution < 1.29 is 8.83 Å². The molecule has 0 unspecified atom stereocenters. The largest absolute Gasteiger partial charge is 0.455 e. The molecular weight excluding hydrogens is 731 g/mol. The van der Waals surface area contributed by atoms with Gasteiger partial charge in [-0.1, -0.05) is 147 Å². The highest BCUT2D eigenvalue weighted by atomic mass is 16.3. The van der Waals surface area contributed by atoms with E-state index in [2.05, 4.69) is 195 Å². The number of furan rings is 2. The zero-order chi connectivity index (χ0) is 39.7. The van der Waals surface area contributed by atoms with Crippen molar-refractivity contribution in [3.05, 3.63) is 187 Å². The first-order chi connectivity index (χ1) is 29.5. The molecular formula is C55H36BN2O2. The van der Waals surface area contributed by atoms with Crippen LogP contribution in [0.15, 0.2) is 185 Å². The first-order valence-corrected chi connectivity index (χ1v) is 20.7. The van der Waals surface area contributed by atoms with Gasteiger partial charge in [-0.2, -0.15) is 0 Å². The molecule has 5 heteroatoms. The van der Waals surface area contributed by atoms with E-state index in [1.54, 1.807) is 0 Å². The molecule has 0 fully saturated rings. The Balaban J connectivity index is 1.13. The van der Waals surface area contributed by atoms with Crippen LogP contribution in [-0.2, 0) is 5.41 Å². The predicted molar refractivity (Wildman–Crippen MR) is 251 cm³/mol. The van der Waals surface area contributed by atoms with Gasteiger partial charge in [0.25, 0.3) is 0 Å². The topological polar surface area (TPSA) is 41.6 Å². The molecule has 0 spiro atoms. The fourth-order valence-electron chi connectivity index (χ4n) is 10.1. The van der Waals surface area contributed by atoms with E-state index in [1.165, 1.54) is 38.7 Å². The van der Waals surface area contributed by atoms with Crippen LogP contribution in [0.25, 0.3) is 76.9 Å². The van der Waals surface area contributed by atoms with Crippen molar-refractivity contribution in [1.82, 2.24) is 0 Å². The molecule has 0 bridgehead atoms. The number of fused-ring (bicyclic) bond motifs is 11. The lowest BCUT2D eigenvalue weighted by Crippen LogP contribution is -2.45. The highest BCUT2D eigenvalue weighted by Crippen LogP contribution is 2.54. The van der Waals surface area contributed by atoms with Crippen LogP contribution in [0.5, 0.6) is 0 Å². The summed E-state index contributed by atoms with van der Waals surface area (Å²) in [6.07, 6.45) is 0. The monoisotopic (exact) mass is 767 g/mol. The summed E-state index contributed by atoms with van der Waals surface area (Å²) in [5.74, 6) is 0. The van der Waals surface area contributed by atoms with Gasteiger partial charge >= 0.3 is 0 Å². The number of hydrogen-bond acceptors (Lipinski definition) is 4. The van der Waals surface area contributed by atoms with Crippen molar-refractivity contribution in [1.29, 1.82) is 0 Å².